The Kier molecular flexibility index (Phi) is 3.20. The molecule has 0 aliphatic rings. The fourth-order valence-corrected chi connectivity index (χ4v) is 1.93. The van der Waals surface area contributed by atoms with Crippen LogP contribution in [0.2, 0.25) is 0 Å². The topological polar surface area (TPSA) is 51.8 Å². The van der Waals surface area contributed by atoms with Crippen LogP contribution < -0.4 is 5.73 Å². The van der Waals surface area contributed by atoms with Gasteiger partial charge in [-0.2, -0.15) is 0 Å². The van der Waals surface area contributed by atoms with Crippen LogP contribution in [0.3, 0.4) is 0 Å². The predicted octanol–water partition coefficient (Wildman–Crippen LogP) is 2.78. The van der Waals surface area contributed by atoms with Crippen molar-refractivity contribution in [1.29, 1.82) is 0 Å². The Morgan fingerprint density at radius 2 is 1.71 bits per heavy atom. The molecule has 3 heteroatoms. The van der Waals surface area contributed by atoms with E-state index < -0.39 is 0 Å². The van der Waals surface area contributed by atoms with Crippen molar-refractivity contribution >= 4 is 0 Å². The number of aryl methyl sites for hydroxylation is 1. The molecule has 0 spiro atoms. The summed E-state index contributed by atoms with van der Waals surface area (Å²) in [6.07, 6.45) is 1.58. The van der Waals surface area contributed by atoms with Crippen LogP contribution in [0.4, 0.5) is 0 Å². The largest absolute Gasteiger partial charge is 0.323 e. The first kappa shape index (κ1) is 11.7. The van der Waals surface area contributed by atoms with Gasteiger partial charge in [0.25, 0.3) is 0 Å². The Labute approximate surface area is 102 Å². The summed E-state index contributed by atoms with van der Waals surface area (Å²) in [7, 11) is 0. The molecular weight excluding hydrogens is 210 g/mol. The molecule has 1 aromatic heterocycles. The van der Waals surface area contributed by atoms with E-state index in [2.05, 4.69) is 41.2 Å². The van der Waals surface area contributed by atoms with Crippen molar-refractivity contribution in [2.75, 3.05) is 0 Å². The van der Waals surface area contributed by atoms with E-state index in [-0.39, 0.29) is 6.04 Å². The van der Waals surface area contributed by atoms with E-state index in [4.69, 9.17) is 5.73 Å². The van der Waals surface area contributed by atoms with E-state index in [9.17, 15) is 0 Å². The van der Waals surface area contributed by atoms with Crippen molar-refractivity contribution < 1.29 is 0 Å². The summed E-state index contributed by atoms with van der Waals surface area (Å²) in [5.74, 6) is 0. The van der Waals surface area contributed by atoms with Gasteiger partial charge in [-0.05, 0) is 26.3 Å². The van der Waals surface area contributed by atoms with Gasteiger partial charge < -0.3 is 5.73 Å². The molecule has 1 atom stereocenters. The normalized spacial score (nSPS) is 12.5. The number of nitrogens with two attached hydrogens (primary N) is 1. The number of rotatable bonds is 2. The second kappa shape index (κ2) is 4.63. The van der Waals surface area contributed by atoms with Crippen LogP contribution in [-0.4, -0.2) is 9.97 Å². The van der Waals surface area contributed by atoms with Gasteiger partial charge in [0.1, 0.15) is 6.33 Å². The molecule has 0 amide bonds. The number of hydrogen-bond donors (Lipinski definition) is 1. The van der Waals surface area contributed by atoms with E-state index in [1.54, 1.807) is 6.33 Å². The van der Waals surface area contributed by atoms with Crippen molar-refractivity contribution in [3.05, 3.63) is 47.4 Å². The van der Waals surface area contributed by atoms with E-state index in [1.165, 1.54) is 5.56 Å². The lowest BCUT2D eigenvalue weighted by Gasteiger charge is -2.12. The first-order valence-electron chi connectivity index (χ1n) is 5.73. The molecule has 88 valence electrons. The molecule has 0 fully saturated rings. The van der Waals surface area contributed by atoms with Crippen molar-refractivity contribution in [1.82, 2.24) is 9.97 Å². The fourth-order valence-electron chi connectivity index (χ4n) is 1.93. The summed E-state index contributed by atoms with van der Waals surface area (Å²) in [6.45, 7) is 6.03. The van der Waals surface area contributed by atoms with Crippen molar-refractivity contribution in [3.8, 4) is 11.3 Å². The first-order valence-corrected chi connectivity index (χ1v) is 5.73. The van der Waals surface area contributed by atoms with Crippen LogP contribution in [0.5, 0.6) is 0 Å². The highest BCUT2D eigenvalue weighted by atomic mass is 14.9. The lowest BCUT2D eigenvalue weighted by Crippen LogP contribution is -2.10. The Morgan fingerprint density at radius 1 is 1.06 bits per heavy atom. The van der Waals surface area contributed by atoms with Crippen LogP contribution in [0.15, 0.2) is 30.6 Å². The van der Waals surface area contributed by atoms with Gasteiger partial charge in [0.2, 0.25) is 0 Å². The van der Waals surface area contributed by atoms with Crippen molar-refractivity contribution in [3.63, 3.8) is 0 Å². The third-order valence-corrected chi connectivity index (χ3v) is 2.88. The SMILES string of the molecule is Cc1ccc(-c2ncnc(C(C)N)c2C)cc1. The molecule has 0 aliphatic carbocycles. The summed E-state index contributed by atoms with van der Waals surface area (Å²) < 4.78 is 0. The molecule has 2 rings (SSSR count). The van der Waals surface area contributed by atoms with Crippen LogP contribution in [0.1, 0.15) is 29.8 Å². The molecule has 1 unspecified atom stereocenters. The van der Waals surface area contributed by atoms with Crippen LogP contribution in [0.25, 0.3) is 11.3 Å². The molecule has 2 N–H and O–H groups in total. The maximum atomic E-state index is 5.90. The van der Waals surface area contributed by atoms with E-state index in [0.717, 1.165) is 22.5 Å². The third-order valence-electron chi connectivity index (χ3n) is 2.88. The van der Waals surface area contributed by atoms with Gasteiger partial charge in [0.15, 0.2) is 0 Å². The Balaban J connectivity index is 2.52. The number of aromatic nitrogens is 2. The van der Waals surface area contributed by atoms with Gasteiger partial charge in [0, 0.05) is 11.6 Å². The molecule has 1 heterocycles. The summed E-state index contributed by atoms with van der Waals surface area (Å²) in [4.78, 5) is 8.60. The lowest BCUT2D eigenvalue weighted by molar-refractivity contribution is 0.765. The van der Waals surface area contributed by atoms with Gasteiger partial charge in [0.05, 0.1) is 11.4 Å². The molecule has 3 nitrogen and oxygen atoms in total. The monoisotopic (exact) mass is 227 g/mol. The maximum absolute atomic E-state index is 5.90. The van der Waals surface area contributed by atoms with Gasteiger partial charge >= 0.3 is 0 Å². The zero-order valence-corrected chi connectivity index (χ0v) is 10.4. The Morgan fingerprint density at radius 3 is 2.29 bits per heavy atom. The van der Waals surface area contributed by atoms with Gasteiger partial charge in [-0.25, -0.2) is 9.97 Å². The highest BCUT2D eigenvalue weighted by Gasteiger charge is 2.11. The first-order chi connectivity index (χ1) is 8.09. The number of benzene rings is 1. The fraction of sp³-hybridized carbons (Fsp3) is 0.286. The zero-order chi connectivity index (χ0) is 12.4. The highest BCUT2D eigenvalue weighted by molar-refractivity contribution is 5.63. The Bertz CT molecular complexity index is 515. The third kappa shape index (κ3) is 2.34. The molecule has 17 heavy (non-hydrogen) atoms. The molecule has 2 aromatic rings. The molecule has 0 radical (unpaired) electrons. The van der Waals surface area contributed by atoms with Crippen LogP contribution >= 0.6 is 0 Å². The smallest absolute Gasteiger partial charge is 0.116 e. The molecule has 1 aromatic carbocycles. The molecule has 0 aliphatic heterocycles. The minimum atomic E-state index is -0.0674. The van der Waals surface area contributed by atoms with Gasteiger partial charge in [-0.1, -0.05) is 29.8 Å². The van der Waals surface area contributed by atoms with E-state index in [1.807, 2.05) is 13.8 Å². The molecular formula is C14H17N3. The standard InChI is InChI=1S/C14H17N3/c1-9-4-6-12(7-5-9)14-10(2)13(11(3)15)16-8-17-14/h4-8,11H,15H2,1-3H3. The average Bonchev–Trinajstić information content (AvgIpc) is 2.30. The van der Waals surface area contributed by atoms with Gasteiger partial charge in [-0.15, -0.1) is 0 Å². The molecule has 0 bridgehead atoms. The van der Waals surface area contributed by atoms with E-state index >= 15 is 0 Å². The number of hydrogen-bond acceptors (Lipinski definition) is 3. The van der Waals surface area contributed by atoms with Gasteiger partial charge in [-0.3, -0.25) is 0 Å². The quantitative estimate of drug-likeness (QED) is 0.858. The second-order valence-electron chi connectivity index (χ2n) is 4.39. The minimum Gasteiger partial charge on any atom is -0.323 e. The van der Waals surface area contributed by atoms with E-state index in [0.29, 0.717) is 0 Å². The van der Waals surface area contributed by atoms with Crippen LogP contribution in [-0.2, 0) is 0 Å². The van der Waals surface area contributed by atoms with Crippen molar-refractivity contribution in [2.45, 2.75) is 26.8 Å². The second-order valence-corrected chi connectivity index (χ2v) is 4.39. The summed E-state index contributed by atoms with van der Waals surface area (Å²) in [5.41, 5.74) is 11.2. The number of nitrogens with zero attached hydrogens (tertiary/aromatic N) is 2. The van der Waals surface area contributed by atoms with Crippen molar-refractivity contribution in [2.24, 2.45) is 5.73 Å². The zero-order valence-electron chi connectivity index (χ0n) is 10.4. The average molecular weight is 227 g/mol. The van der Waals surface area contributed by atoms with Crippen LogP contribution in [0, 0.1) is 13.8 Å². The summed E-state index contributed by atoms with van der Waals surface area (Å²) in [6, 6.07) is 8.26. The predicted molar refractivity (Wildman–Crippen MR) is 69.5 cm³/mol. The lowest BCUT2D eigenvalue weighted by atomic mass is 10.0. The molecule has 0 saturated heterocycles. The minimum absolute atomic E-state index is 0.0674. The summed E-state index contributed by atoms with van der Waals surface area (Å²) >= 11 is 0. The Hall–Kier alpha value is -1.74. The molecule has 0 saturated carbocycles. The maximum Gasteiger partial charge on any atom is 0.116 e. The highest BCUT2D eigenvalue weighted by Crippen LogP contribution is 2.24. The summed E-state index contributed by atoms with van der Waals surface area (Å²) in [5, 5.41) is 0.